The van der Waals surface area contributed by atoms with Crippen LogP contribution in [0.5, 0.6) is 5.75 Å². The first-order valence-corrected chi connectivity index (χ1v) is 12.6. The number of carboxylic acids is 1. The molecule has 0 spiro atoms. The number of hydrogen-bond acceptors (Lipinski definition) is 6. The minimum absolute atomic E-state index is 0.0276. The van der Waals surface area contributed by atoms with Gasteiger partial charge in [-0.15, -0.1) is 5.10 Å². The maximum atomic E-state index is 12.5. The van der Waals surface area contributed by atoms with Crippen molar-refractivity contribution in [3.63, 3.8) is 0 Å². The third-order valence-corrected chi connectivity index (χ3v) is 6.30. The number of nitrogens with one attached hydrogen (secondary N) is 2. The van der Waals surface area contributed by atoms with E-state index in [2.05, 4.69) is 20.7 Å². The molecule has 0 radical (unpaired) electrons. The molecule has 9 nitrogen and oxygen atoms in total. The Labute approximate surface area is 222 Å². The molecule has 0 aliphatic rings. The lowest BCUT2D eigenvalue weighted by Gasteiger charge is -2.06. The molecule has 1 aromatic heterocycles. The highest BCUT2D eigenvalue weighted by molar-refractivity contribution is 7.99. The van der Waals surface area contributed by atoms with Crippen molar-refractivity contribution in [3.05, 3.63) is 88.9 Å². The Morgan fingerprint density at radius 1 is 1.14 bits per heavy atom. The van der Waals surface area contributed by atoms with Crippen LogP contribution in [0, 0.1) is 0 Å². The molecule has 0 saturated carbocycles. The first kappa shape index (κ1) is 25.9. The summed E-state index contributed by atoms with van der Waals surface area (Å²) in [6.45, 7) is 2.49. The Bertz CT molecular complexity index is 1420. The summed E-state index contributed by atoms with van der Waals surface area (Å²) in [5, 5.41) is 21.8. The molecule has 0 bridgehead atoms. The van der Waals surface area contributed by atoms with E-state index in [1.165, 1.54) is 24.0 Å². The molecule has 3 N–H and O–H groups in total. The second kappa shape index (κ2) is 12.2. The van der Waals surface area contributed by atoms with Crippen LogP contribution in [-0.2, 0) is 4.79 Å². The van der Waals surface area contributed by atoms with Gasteiger partial charge in [0.15, 0.2) is 0 Å². The predicted molar refractivity (Wildman–Crippen MR) is 142 cm³/mol. The molecule has 0 saturated heterocycles. The van der Waals surface area contributed by atoms with Gasteiger partial charge in [-0.2, -0.15) is 9.67 Å². The van der Waals surface area contributed by atoms with E-state index < -0.39 is 5.97 Å². The molecular weight excluding hydrogens is 514 g/mol. The summed E-state index contributed by atoms with van der Waals surface area (Å²) in [5.41, 5.74) is 4.60. The predicted octanol–water partition coefficient (Wildman–Crippen LogP) is 4.35. The summed E-state index contributed by atoms with van der Waals surface area (Å²) in [4.78, 5) is 23.8. The first-order valence-electron chi connectivity index (χ1n) is 11.2. The zero-order chi connectivity index (χ0) is 26.2. The zero-order valence-electron chi connectivity index (χ0n) is 19.7. The van der Waals surface area contributed by atoms with Gasteiger partial charge in [0.25, 0.3) is 11.7 Å². The van der Waals surface area contributed by atoms with Crippen molar-refractivity contribution in [2.75, 3.05) is 12.4 Å². The number of thioether (sulfide) groups is 1. The number of aromatic amines is 1. The van der Waals surface area contributed by atoms with E-state index >= 15 is 0 Å². The number of benzene rings is 3. The highest BCUT2D eigenvalue weighted by Gasteiger charge is 2.24. The SMILES string of the molecule is CCOc1ccc(-[n+]2c(SCC(=O)N/N=C\c3ccccc3C(=O)O)n[nH]c2-c2ccc(Cl)cc2)cc1. The normalized spacial score (nSPS) is 11.0. The van der Waals surface area contributed by atoms with E-state index in [-0.39, 0.29) is 17.2 Å². The second-order valence-electron chi connectivity index (χ2n) is 7.60. The smallest absolute Gasteiger partial charge is 0.342 e. The molecule has 0 fully saturated rings. The maximum Gasteiger partial charge on any atom is 0.342 e. The number of hydrazone groups is 1. The standard InChI is InChI=1S/C26H22ClN5O4S/c1-2-36-21-13-11-20(12-14-21)32-24(17-7-9-19(27)10-8-17)30-31-26(32)37-16-23(33)29-28-15-18-5-3-4-6-22(18)25(34)35/h3-15H,2,16H2,1H3,(H2,29,33,34,35)/p+1/b28-15-. The molecule has 1 heterocycles. The topological polar surface area (TPSA) is 121 Å². The van der Waals surface area contributed by atoms with Crippen LogP contribution in [0.3, 0.4) is 0 Å². The van der Waals surface area contributed by atoms with Gasteiger partial charge in [-0.05, 0) is 73.3 Å². The molecule has 1 amide bonds. The van der Waals surface area contributed by atoms with E-state index in [1.807, 2.05) is 47.9 Å². The Balaban J connectivity index is 1.52. The molecule has 4 aromatic rings. The molecule has 0 unspecified atom stereocenters. The number of carbonyl (C=O) groups is 2. The number of rotatable bonds is 10. The van der Waals surface area contributed by atoms with Crippen LogP contribution in [0.4, 0.5) is 0 Å². The Morgan fingerprint density at radius 2 is 1.86 bits per heavy atom. The molecule has 3 aromatic carbocycles. The number of carboxylic acid groups (broad SMARTS) is 1. The van der Waals surface area contributed by atoms with Gasteiger partial charge in [0.1, 0.15) is 11.4 Å². The maximum absolute atomic E-state index is 12.5. The molecule has 37 heavy (non-hydrogen) atoms. The van der Waals surface area contributed by atoms with E-state index in [4.69, 9.17) is 16.3 Å². The number of aromatic carboxylic acids is 1. The molecular formula is C26H23ClN5O4S+. The van der Waals surface area contributed by atoms with Gasteiger partial charge in [0, 0.05) is 10.6 Å². The number of aromatic nitrogens is 3. The third kappa shape index (κ3) is 6.54. The van der Waals surface area contributed by atoms with Crippen LogP contribution in [0.2, 0.25) is 5.02 Å². The van der Waals surface area contributed by atoms with Crippen molar-refractivity contribution in [3.8, 4) is 22.8 Å². The average Bonchev–Trinajstić information content (AvgIpc) is 3.32. The van der Waals surface area contributed by atoms with Crippen LogP contribution in [0.15, 0.2) is 83.1 Å². The molecule has 0 aliphatic carbocycles. The zero-order valence-corrected chi connectivity index (χ0v) is 21.3. The van der Waals surface area contributed by atoms with Gasteiger partial charge in [0.05, 0.1) is 34.8 Å². The highest BCUT2D eigenvalue weighted by atomic mass is 35.5. The average molecular weight is 537 g/mol. The summed E-state index contributed by atoms with van der Waals surface area (Å²) in [7, 11) is 0. The van der Waals surface area contributed by atoms with Gasteiger partial charge in [-0.3, -0.25) is 4.79 Å². The van der Waals surface area contributed by atoms with Crippen molar-refractivity contribution in [1.82, 2.24) is 15.6 Å². The molecule has 188 valence electrons. The quantitative estimate of drug-likeness (QED) is 0.120. The summed E-state index contributed by atoms with van der Waals surface area (Å²) >= 11 is 7.28. The largest absolute Gasteiger partial charge is 0.494 e. The molecule has 4 rings (SSSR count). The number of amides is 1. The van der Waals surface area contributed by atoms with Crippen molar-refractivity contribution >= 4 is 41.5 Å². The fourth-order valence-corrected chi connectivity index (χ4v) is 4.32. The van der Waals surface area contributed by atoms with E-state index in [0.29, 0.717) is 28.2 Å². The summed E-state index contributed by atoms with van der Waals surface area (Å²) in [6, 6.07) is 21.3. The number of carbonyl (C=O) groups excluding carboxylic acids is 1. The first-order chi connectivity index (χ1) is 18.0. The van der Waals surface area contributed by atoms with Gasteiger partial charge in [-0.25, -0.2) is 10.2 Å². The minimum Gasteiger partial charge on any atom is -0.494 e. The Kier molecular flexibility index (Phi) is 8.55. The number of nitrogens with zero attached hydrogens (tertiary/aromatic N) is 3. The van der Waals surface area contributed by atoms with Crippen LogP contribution in [0.1, 0.15) is 22.8 Å². The van der Waals surface area contributed by atoms with Gasteiger partial charge < -0.3 is 9.84 Å². The minimum atomic E-state index is -1.07. The second-order valence-corrected chi connectivity index (χ2v) is 8.98. The monoisotopic (exact) mass is 536 g/mol. The highest BCUT2D eigenvalue weighted by Crippen LogP contribution is 2.23. The Hall–Kier alpha value is -4.15. The lowest BCUT2D eigenvalue weighted by atomic mass is 10.1. The number of H-pyrrole nitrogens is 1. The Morgan fingerprint density at radius 3 is 2.57 bits per heavy atom. The molecule has 0 aliphatic heterocycles. The number of hydrogen-bond donors (Lipinski definition) is 3. The fourth-order valence-electron chi connectivity index (χ4n) is 3.43. The van der Waals surface area contributed by atoms with Gasteiger partial charge in [0.2, 0.25) is 0 Å². The van der Waals surface area contributed by atoms with Gasteiger partial charge in [-0.1, -0.05) is 29.8 Å². The summed E-state index contributed by atoms with van der Waals surface area (Å²) in [6.07, 6.45) is 1.30. The van der Waals surface area contributed by atoms with E-state index in [1.54, 1.807) is 30.3 Å². The molecule has 0 atom stereocenters. The van der Waals surface area contributed by atoms with Crippen molar-refractivity contribution in [2.45, 2.75) is 12.1 Å². The van der Waals surface area contributed by atoms with E-state index in [9.17, 15) is 14.7 Å². The van der Waals surface area contributed by atoms with Crippen LogP contribution in [0.25, 0.3) is 17.1 Å². The van der Waals surface area contributed by atoms with Crippen molar-refractivity contribution in [1.29, 1.82) is 0 Å². The summed E-state index contributed by atoms with van der Waals surface area (Å²) < 4.78 is 7.46. The van der Waals surface area contributed by atoms with E-state index in [0.717, 1.165) is 17.0 Å². The van der Waals surface area contributed by atoms with Gasteiger partial charge >= 0.3 is 11.1 Å². The molecule has 11 heteroatoms. The van der Waals surface area contributed by atoms with Crippen molar-refractivity contribution < 1.29 is 24.0 Å². The number of ether oxygens (including phenoxy) is 1. The van der Waals surface area contributed by atoms with Crippen LogP contribution in [-0.4, -0.2) is 45.8 Å². The lowest BCUT2D eigenvalue weighted by molar-refractivity contribution is -0.625. The summed E-state index contributed by atoms with van der Waals surface area (Å²) in [5.74, 6) is 0.0484. The lowest BCUT2D eigenvalue weighted by Crippen LogP contribution is -2.34. The third-order valence-electron chi connectivity index (χ3n) is 5.11. The van der Waals surface area contributed by atoms with Crippen molar-refractivity contribution in [2.24, 2.45) is 5.10 Å². The number of halogens is 1. The van der Waals surface area contributed by atoms with Crippen LogP contribution >= 0.6 is 23.4 Å². The fraction of sp³-hybridized carbons (Fsp3) is 0.115. The van der Waals surface area contributed by atoms with Crippen LogP contribution < -0.4 is 14.7 Å².